The van der Waals surface area contributed by atoms with E-state index in [-0.39, 0.29) is 25.2 Å². The van der Waals surface area contributed by atoms with Crippen molar-refractivity contribution in [3.63, 3.8) is 0 Å². The van der Waals surface area contributed by atoms with Gasteiger partial charge in [0.2, 0.25) is 0 Å². The van der Waals surface area contributed by atoms with E-state index in [1.54, 1.807) is 0 Å². The number of hydrogen-bond donors (Lipinski definition) is 0. The minimum absolute atomic E-state index is 0.0727. The Morgan fingerprint density at radius 2 is 0.682 bits per heavy atom. The van der Waals surface area contributed by atoms with E-state index >= 15 is 0 Å². The van der Waals surface area contributed by atoms with Gasteiger partial charge in [-0.25, -0.2) is 0 Å². The van der Waals surface area contributed by atoms with Gasteiger partial charge in [-0.05, 0) is 109 Å². The molecule has 0 aliphatic rings. The number of hydrogen-bond acceptors (Lipinski definition) is 5. The lowest BCUT2D eigenvalue weighted by molar-refractivity contribution is -0.163. The van der Waals surface area contributed by atoms with Crippen LogP contribution in [0.1, 0.15) is 278 Å². The summed E-state index contributed by atoms with van der Waals surface area (Å²) < 4.78 is 17.5. The minimum atomic E-state index is -0.550. The van der Waals surface area contributed by atoms with Gasteiger partial charge in [-0.15, -0.1) is 0 Å². The average molecular weight is 922 g/mol. The van der Waals surface area contributed by atoms with Gasteiger partial charge in [-0.2, -0.15) is 0 Å². The van der Waals surface area contributed by atoms with Crippen LogP contribution < -0.4 is 0 Å². The van der Waals surface area contributed by atoms with E-state index in [0.717, 1.165) is 83.5 Å². The first-order valence-corrected chi connectivity index (χ1v) is 28.5. The molecule has 0 aromatic heterocycles. The van der Waals surface area contributed by atoms with Gasteiger partial charge in [-0.1, -0.05) is 229 Å². The molecule has 0 N–H and O–H groups in total. The topological polar surface area (TPSA) is 61.8 Å². The van der Waals surface area contributed by atoms with Crippen LogP contribution in [0.25, 0.3) is 0 Å². The van der Waals surface area contributed by atoms with Crippen LogP contribution >= 0.6 is 0 Å². The van der Waals surface area contributed by atoms with Crippen LogP contribution in [0.15, 0.2) is 72.9 Å². The molecule has 0 aliphatic heterocycles. The van der Waals surface area contributed by atoms with E-state index in [1.165, 1.54) is 161 Å². The van der Waals surface area contributed by atoms with Crippen molar-refractivity contribution in [2.75, 3.05) is 19.8 Å². The molecule has 0 aromatic rings. The summed E-state index contributed by atoms with van der Waals surface area (Å²) in [5.41, 5.74) is 0. The highest BCUT2D eigenvalue weighted by Crippen LogP contribution is 2.14. The van der Waals surface area contributed by atoms with Crippen molar-refractivity contribution in [2.24, 2.45) is 0 Å². The highest BCUT2D eigenvalue weighted by Gasteiger charge is 2.17. The van der Waals surface area contributed by atoms with E-state index in [1.807, 2.05) is 0 Å². The van der Waals surface area contributed by atoms with Gasteiger partial charge in [-0.3, -0.25) is 9.59 Å². The molecule has 0 heterocycles. The Hall–Kier alpha value is -2.66. The molecular formula is C61H108O5. The summed E-state index contributed by atoms with van der Waals surface area (Å²) >= 11 is 0. The molecule has 0 aromatic carbocycles. The van der Waals surface area contributed by atoms with Gasteiger partial charge in [0.15, 0.2) is 6.10 Å². The van der Waals surface area contributed by atoms with Crippen molar-refractivity contribution in [1.29, 1.82) is 0 Å². The van der Waals surface area contributed by atoms with Crippen molar-refractivity contribution in [1.82, 2.24) is 0 Å². The van der Waals surface area contributed by atoms with Gasteiger partial charge in [0, 0.05) is 19.4 Å². The second kappa shape index (κ2) is 56.7. The van der Waals surface area contributed by atoms with E-state index in [0.29, 0.717) is 19.4 Å². The zero-order valence-corrected chi connectivity index (χ0v) is 44.0. The second-order valence-corrected chi connectivity index (χ2v) is 18.8. The summed E-state index contributed by atoms with van der Waals surface area (Å²) in [6, 6.07) is 0. The zero-order valence-electron chi connectivity index (χ0n) is 44.0. The van der Waals surface area contributed by atoms with Gasteiger partial charge >= 0.3 is 11.9 Å². The largest absolute Gasteiger partial charge is 0.462 e. The highest BCUT2D eigenvalue weighted by atomic mass is 16.6. The normalized spacial score (nSPS) is 12.7. The monoisotopic (exact) mass is 921 g/mol. The maximum Gasteiger partial charge on any atom is 0.306 e. The molecule has 0 rings (SSSR count). The number of carbonyl (C=O) groups excluding carboxylic acids is 2. The van der Waals surface area contributed by atoms with Crippen LogP contribution in [-0.4, -0.2) is 37.9 Å². The number of unbranched alkanes of at least 4 members (excludes halogenated alkanes) is 29. The average Bonchev–Trinajstić information content (AvgIpc) is 3.32. The zero-order chi connectivity index (χ0) is 47.7. The molecule has 5 heteroatoms. The van der Waals surface area contributed by atoms with Gasteiger partial charge < -0.3 is 14.2 Å². The molecule has 1 atom stereocenters. The SMILES string of the molecule is CC/C=C\C/C=C\C/C=C\C/C=C\CCCCCCCCC(=O)OCC(COCCCCCCCC/C=C\CCCCCC)OC(=O)CCCCCCCCC/C=C\CCCCCCCC. The molecule has 0 saturated carbocycles. The molecule has 1 unspecified atom stereocenters. The number of allylic oxidation sites excluding steroid dienone is 12. The molecule has 0 radical (unpaired) electrons. The number of ether oxygens (including phenoxy) is 3. The van der Waals surface area contributed by atoms with E-state index in [4.69, 9.17) is 14.2 Å². The fourth-order valence-corrected chi connectivity index (χ4v) is 7.96. The molecule has 66 heavy (non-hydrogen) atoms. The fourth-order valence-electron chi connectivity index (χ4n) is 7.96. The summed E-state index contributed by atoms with van der Waals surface area (Å²) in [4.78, 5) is 25.5. The Morgan fingerprint density at radius 3 is 1.12 bits per heavy atom. The van der Waals surface area contributed by atoms with Crippen molar-refractivity contribution < 1.29 is 23.8 Å². The summed E-state index contributed by atoms with van der Waals surface area (Å²) in [5, 5.41) is 0. The van der Waals surface area contributed by atoms with Crippen LogP contribution in [-0.2, 0) is 23.8 Å². The van der Waals surface area contributed by atoms with Crippen molar-refractivity contribution in [3.05, 3.63) is 72.9 Å². The van der Waals surface area contributed by atoms with Crippen LogP contribution in [0.4, 0.5) is 0 Å². The Kier molecular flexibility index (Phi) is 54.4. The first kappa shape index (κ1) is 63.3. The number of rotatable bonds is 52. The first-order valence-electron chi connectivity index (χ1n) is 28.5. The third-order valence-corrected chi connectivity index (χ3v) is 12.2. The van der Waals surface area contributed by atoms with E-state index < -0.39 is 6.10 Å². The van der Waals surface area contributed by atoms with Gasteiger partial charge in [0.05, 0.1) is 6.61 Å². The van der Waals surface area contributed by atoms with Gasteiger partial charge in [0.1, 0.15) is 6.61 Å². The quantitative estimate of drug-likeness (QED) is 0.0346. The smallest absolute Gasteiger partial charge is 0.306 e. The Balaban J connectivity index is 4.30. The second-order valence-electron chi connectivity index (χ2n) is 18.8. The van der Waals surface area contributed by atoms with Crippen LogP contribution in [0.2, 0.25) is 0 Å². The third kappa shape index (κ3) is 54.0. The molecular weight excluding hydrogens is 813 g/mol. The number of carbonyl (C=O) groups is 2. The Morgan fingerprint density at radius 1 is 0.348 bits per heavy atom. The highest BCUT2D eigenvalue weighted by molar-refractivity contribution is 5.70. The standard InChI is InChI=1S/C61H108O5/c1-4-7-10-13-16-19-22-25-28-30-31-33-34-36-39-42-45-48-51-54-60(62)65-58-59(57-64-56-53-50-47-44-41-38-27-24-21-18-15-12-9-6-3)66-61(63)55-52-49-46-43-40-37-35-32-29-26-23-20-17-14-11-8-5-2/h7,10,16,19,21,24-26,28-29,31,33,59H,4-6,8-9,11-15,17-18,20,22-23,27,30,32,34-58H2,1-3H3/b10-7-,19-16-,24-21-,28-25-,29-26-,33-31-. The van der Waals surface area contributed by atoms with E-state index in [2.05, 4.69) is 93.7 Å². The van der Waals surface area contributed by atoms with E-state index in [9.17, 15) is 9.59 Å². The number of esters is 2. The molecule has 0 saturated heterocycles. The lowest BCUT2D eigenvalue weighted by atomic mass is 10.1. The first-order chi connectivity index (χ1) is 32.6. The lowest BCUT2D eigenvalue weighted by Crippen LogP contribution is -2.30. The van der Waals surface area contributed by atoms with Crippen molar-refractivity contribution >= 4 is 11.9 Å². The van der Waals surface area contributed by atoms with Crippen molar-refractivity contribution in [2.45, 2.75) is 284 Å². The Bertz CT molecular complexity index is 1180. The molecule has 382 valence electrons. The van der Waals surface area contributed by atoms with Crippen LogP contribution in [0.3, 0.4) is 0 Å². The predicted molar refractivity (Wildman–Crippen MR) is 288 cm³/mol. The molecule has 0 aliphatic carbocycles. The summed E-state index contributed by atoms with van der Waals surface area (Å²) in [7, 11) is 0. The molecule has 5 nitrogen and oxygen atoms in total. The maximum absolute atomic E-state index is 12.9. The molecule has 0 bridgehead atoms. The predicted octanol–water partition coefficient (Wildman–Crippen LogP) is 19.5. The lowest BCUT2D eigenvalue weighted by Gasteiger charge is -2.18. The Labute approximate surface area is 410 Å². The van der Waals surface area contributed by atoms with Crippen LogP contribution in [0.5, 0.6) is 0 Å². The summed E-state index contributed by atoms with van der Waals surface area (Å²) in [5.74, 6) is -0.414. The fraction of sp³-hybridized carbons (Fsp3) is 0.770. The van der Waals surface area contributed by atoms with Crippen molar-refractivity contribution in [3.8, 4) is 0 Å². The van der Waals surface area contributed by atoms with Crippen LogP contribution in [0, 0.1) is 0 Å². The minimum Gasteiger partial charge on any atom is -0.462 e. The summed E-state index contributed by atoms with van der Waals surface area (Å²) in [6.07, 6.45) is 73.4. The molecule has 0 fully saturated rings. The van der Waals surface area contributed by atoms with Gasteiger partial charge in [0.25, 0.3) is 0 Å². The molecule has 0 spiro atoms. The molecule has 0 amide bonds. The maximum atomic E-state index is 12.9. The summed E-state index contributed by atoms with van der Waals surface area (Å²) in [6.45, 7) is 7.69. The third-order valence-electron chi connectivity index (χ3n) is 12.2.